The molecule has 0 spiro atoms. The van der Waals surface area contributed by atoms with Crippen LogP contribution >= 0.6 is 39.1 Å². The number of rotatable bonds is 4. The second kappa shape index (κ2) is 7.02. The van der Waals surface area contributed by atoms with Crippen molar-refractivity contribution in [2.24, 2.45) is 0 Å². The molecule has 1 amide bonds. The summed E-state index contributed by atoms with van der Waals surface area (Å²) < 4.78 is 0.705. The predicted octanol–water partition coefficient (Wildman–Crippen LogP) is 4.87. The minimum atomic E-state index is -0.189. The molecule has 1 heterocycles. The average molecular weight is 405 g/mol. The van der Waals surface area contributed by atoms with Crippen LogP contribution in [0.1, 0.15) is 41.5 Å². The molecule has 0 bridgehead atoms. The van der Waals surface area contributed by atoms with Gasteiger partial charge in [0.15, 0.2) is 5.69 Å². The molecule has 0 aliphatic carbocycles. The van der Waals surface area contributed by atoms with Crippen LogP contribution < -0.4 is 0 Å². The Bertz CT molecular complexity index is 700. The summed E-state index contributed by atoms with van der Waals surface area (Å²) in [6.45, 7) is 4.42. The average Bonchev–Trinajstić information content (AvgIpc) is 2.85. The van der Waals surface area contributed by atoms with E-state index < -0.39 is 0 Å². The lowest BCUT2D eigenvalue weighted by Gasteiger charge is -2.17. The first-order valence-corrected chi connectivity index (χ1v) is 8.30. The maximum absolute atomic E-state index is 12.5. The van der Waals surface area contributed by atoms with Crippen molar-refractivity contribution < 1.29 is 4.79 Å². The molecule has 0 fully saturated rings. The Labute approximate surface area is 147 Å². The summed E-state index contributed by atoms with van der Waals surface area (Å²) in [5.41, 5.74) is 2.06. The second-order valence-electron chi connectivity index (χ2n) is 5.33. The topological polar surface area (TPSA) is 49.0 Å². The number of nitrogens with one attached hydrogen (secondary N) is 1. The van der Waals surface area contributed by atoms with E-state index in [9.17, 15) is 4.79 Å². The summed E-state index contributed by atoms with van der Waals surface area (Å²) in [5, 5.41) is 7.96. The highest BCUT2D eigenvalue weighted by Gasteiger charge is 2.22. The number of halogens is 3. The molecule has 0 atom stereocenters. The van der Waals surface area contributed by atoms with Crippen molar-refractivity contribution >= 4 is 45.0 Å². The van der Waals surface area contributed by atoms with E-state index in [2.05, 4.69) is 26.1 Å². The summed E-state index contributed by atoms with van der Waals surface area (Å²) in [7, 11) is 1.70. The molecule has 2 aromatic rings. The number of carbonyl (C=O) groups excluding carboxylic acids is 1. The third kappa shape index (κ3) is 3.47. The van der Waals surface area contributed by atoms with Crippen LogP contribution in [0.5, 0.6) is 0 Å². The van der Waals surface area contributed by atoms with Gasteiger partial charge >= 0.3 is 0 Å². The SMILES string of the molecule is CC(C)c1[nH]nc(C(=O)N(C)Cc2cccc(Cl)c2Cl)c1Br. The standard InChI is InChI=1S/C15H16BrCl2N3O/c1-8(2)13-11(16)14(20-19-13)15(22)21(3)7-9-5-4-6-10(17)12(9)18/h4-6,8H,7H2,1-3H3,(H,19,20). The molecule has 7 heteroatoms. The van der Waals surface area contributed by atoms with Crippen LogP contribution in [0.4, 0.5) is 0 Å². The Morgan fingerprint density at radius 2 is 2.09 bits per heavy atom. The zero-order chi connectivity index (χ0) is 16.4. The highest BCUT2D eigenvalue weighted by Crippen LogP contribution is 2.28. The van der Waals surface area contributed by atoms with E-state index >= 15 is 0 Å². The first kappa shape index (κ1) is 17.3. The Balaban J connectivity index is 2.21. The van der Waals surface area contributed by atoms with Crippen molar-refractivity contribution in [2.75, 3.05) is 7.05 Å². The van der Waals surface area contributed by atoms with Crippen molar-refractivity contribution in [3.05, 3.63) is 49.7 Å². The Kier molecular flexibility index (Phi) is 5.53. The fraction of sp³-hybridized carbons (Fsp3) is 0.333. The Morgan fingerprint density at radius 1 is 1.41 bits per heavy atom. The van der Waals surface area contributed by atoms with E-state index in [0.717, 1.165) is 11.3 Å². The van der Waals surface area contributed by atoms with Gasteiger partial charge in [0.1, 0.15) is 0 Å². The summed E-state index contributed by atoms with van der Waals surface area (Å²) >= 11 is 15.6. The van der Waals surface area contributed by atoms with Gasteiger partial charge in [0, 0.05) is 13.6 Å². The first-order chi connectivity index (χ1) is 10.3. The largest absolute Gasteiger partial charge is 0.336 e. The zero-order valence-electron chi connectivity index (χ0n) is 12.5. The molecule has 2 rings (SSSR count). The Hall–Kier alpha value is -1.04. The van der Waals surface area contributed by atoms with Crippen LogP contribution in [-0.4, -0.2) is 28.1 Å². The Morgan fingerprint density at radius 3 is 2.68 bits per heavy atom. The molecule has 4 nitrogen and oxygen atoms in total. The summed E-state index contributed by atoms with van der Waals surface area (Å²) in [5.74, 6) is 0.0576. The number of hydrogen-bond acceptors (Lipinski definition) is 2. The number of aromatic nitrogens is 2. The third-order valence-corrected chi connectivity index (χ3v) is 4.96. The van der Waals surface area contributed by atoms with E-state index in [4.69, 9.17) is 23.2 Å². The summed E-state index contributed by atoms with van der Waals surface area (Å²) in [6, 6.07) is 5.37. The van der Waals surface area contributed by atoms with E-state index in [1.165, 1.54) is 0 Å². The minimum Gasteiger partial charge on any atom is -0.336 e. The number of H-pyrrole nitrogens is 1. The van der Waals surface area contributed by atoms with Gasteiger partial charge in [-0.25, -0.2) is 0 Å². The van der Waals surface area contributed by atoms with E-state index in [-0.39, 0.29) is 11.8 Å². The molecule has 0 saturated carbocycles. The monoisotopic (exact) mass is 403 g/mol. The maximum Gasteiger partial charge on any atom is 0.275 e. The van der Waals surface area contributed by atoms with Crippen LogP contribution in [0.3, 0.4) is 0 Å². The van der Waals surface area contributed by atoms with Gasteiger partial charge < -0.3 is 4.90 Å². The molecule has 1 aromatic heterocycles. The molecule has 1 N–H and O–H groups in total. The van der Waals surface area contributed by atoms with Crippen molar-refractivity contribution in [3.8, 4) is 0 Å². The van der Waals surface area contributed by atoms with Gasteiger partial charge in [-0.2, -0.15) is 5.10 Å². The van der Waals surface area contributed by atoms with Crippen LogP contribution in [0, 0.1) is 0 Å². The molecule has 0 aliphatic heterocycles. The zero-order valence-corrected chi connectivity index (χ0v) is 15.6. The van der Waals surface area contributed by atoms with E-state index in [1.54, 1.807) is 18.0 Å². The minimum absolute atomic E-state index is 0.189. The number of aromatic amines is 1. The number of benzene rings is 1. The van der Waals surface area contributed by atoms with Gasteiger partial charge in [-0.3, -0.25) is 9.89 Å². The fourth-order valence-corrected chi connectivity index (χ4v) is 3.23. The first-order valence-electron chi connectivity index (χ1n) is 6.75. The molecule has 0 radical (unpaired) electrons. The second-order valence-corrected chi connectivity index (χ2v) is 6.91. The molecule has 0 aliphatic rings. The molecule has 0 saturated heterocycles. The third-order valence-electron chi connectivity index (χ3n) is 3.30. The highest BCUT2D eigenvalue weighted by molar-refractivity contribution is 9.10. The van der Waals surface area contributed by atoms with Gasteiger partial charge in [0.05, 0.1) is 20.2 Å². The predicted molar refractivity (Wildman–Crippen MR) is 92.6 cm³/mol. The molecular weight excluding hydrogens is 389 g/mol. The fourth-order valence-electron chi connectivity index (χ4n) is 2.04. The smallest absolute Gasteiger partial charge is 0.275 e. The number of amides is 1. The van der Waals surface area contributed by atoms with E-state index in [0.29, 0.717) is 26.8 Å². The number of hydrogen-bond donors (Lipinski definition) is 1. The molecular formula is C15H16BrCl2N3O. The molecule has 22 heavy (non-hydrogen) atoms. The quantitative estimate of drug-likeness (QED) is 0.789. The van der Waals surface area contributed by atoms with Crippen LogP contribution in [0.2, 0.25) is 10.0 Å². The molecule has 0 unspecified atom stereocenters. The van der Waals surface area contributed by atoms with Crippen LogP contribution in [0.25, 0.3) is 0 Å². The number of carbonyl (C=O) groups is 1. The summed E-state index contributed by atoms with van der Waals surface area (Å²) in [4.78, 5) is 14.1. The van der Waals surface area contributed by atoms with Gasteiger partial charge in [-0.1, -0.05) is 49.2 Å². The lowest BCUT2D eigenvalue weighted by Crippen LogP contribution is -2.27. The lowest BCUT2D eigenvalue weighted by molar-refractivity contribution is 0.0778. The van der Waals surface area contributed by atoms with Gasteiger partial charge in [0.25, 0.3) is 5.91 Å². The summed E-state index contributed by atoms with van der Waals surface area (Å²) in [6.07, 6.45) is 0. The van der Waals surface area contributed by atoms with Gasteiger partial charge in [0.2, 0.25) is 0 Å². The lowest BCUT2D eigenvalue weighted by atomic mass is 10.1. The van der Waals surface area contributed by atoms with Crippen molar-refractivity contribution in [3.63, 3.8) is 0 Å². The van der Waals surface area contributed by atoms with Crippen LogP contribution in [-0.2, 0) is 6.54 Å². The molecule has 118 valence electrons. The number of nitrogens with zero attached hydrogens (tertiary/aromatic N) is 2. The normalized spacial score (nSPS) is 11.0. The van der Waals surface area contributed by atoms with Gasteiger partial charge in [-0.05, 0) is 33.5 Å². The molecule has 1 aromatic carbocycles. The van der Waals surface area contributed by atoms with Gasteiger partial charge in [-0.15, -0.1) is 0 Å². The van der Waals surface area contributed by atoms with E-state index in [1.807, 2.05) is 26.0 Å². The van der Waals surface area contributed by atoms with Crippen molar-refractivity contribution in [1.29, 1.82) is 0 Å². The van der Waals surface area contributed by atoms with Crippen molar-refractivity contribution in [2.45, 2.75) is 26.3 Å². The van der Waals surface area contributed by atoms with Crippen LogP contribution in [0.15, 0.2) is 22.7 Å². The van der Waals surface area contributed by atoms with Crippen molar-refractivity contribution in [1.82, 2.24) is 15.1 Å². The maximum atomic E-state index is 12.5. The highest BCUT2D eigenvalue weighted by atomic mass is 79.9.